The highest BCUT2D eigenvalue weighted by Gasteiger charge is 2.38. The highest BCUT2D eigenvalue weighted by molar-refractivity contribution is 5.91. The highest BCUT2D eigenvalue weighted by atomic mass is 16.1. The fourth-order valence-electron chi connectivity index (χ4n) is 2.46. The first-order valence-corrected chi connectivity index (χ1v) is 5.04. The van der Waals surface area contributed by atoms with E-state index in [2.05, 4.69) is 26.0 Å². The third-order valence-electron chi connectivity index (χ3n) is 3.30. The molecular formula is C12H16O. The zero-order valence-corrected chi connectivity index (χ0v) is 8.39. The molecule has 0 aliphatic heterocycles. The molecular weight excluding hydrogens is 160 g/mol. The van der Waals surface area contributed by atoms with Crippen molar-refractivity contribution in [2.45, 2.75) is 39.5 Å². The van der Waals surface area contributed by atoms with E-state index in [0.717, 1.165) is 25.7 Å². The lowest BCUT2D eigenvalue weighted by Gasteiger charge is -2.35. The maximum absolute atomic E-state index is 11.8. The predicted molar refractivity (Wildman–Crippen MR) is 53.4 cm³/mol. The molecule has 70 valence electrons. The zero-order valence-electron chi connectivity index (χ0n) is 8.39. The molecule has 0 saturated heterocycles. The van der Waals surface area contributed by atoms with E-state index < -0.39 is 0 Å². The summed E-state index contributed by atoms with van der Waals surface area (Å²) >= 11 is 0. The van der Waals surface area contributed by atoms with Gasteiger partial charge in [-0.25, -0.2) is 0 Å². The molecule has 0 aromatic carbocycles. The summed E-state index contributed by atoms with van der Waals surface area (Å²) in [7, 11) is 0. The average molecular weight is 176 g/mol. The SMILES string of the molecule is CC1=CC2(C)C(=O)CCCC2=CC1. The average Bonchev–Trinajstić information content (AvgIpc) is 2.07. The second-order valence-corrected chi connectivity index (χ2v) is 4.40. The Kier molecular flexibility index (Phi) is 1.90. The molecule has 2 aliphatic rings. The Bertz CT molecular complexity index is 309. The molecule has 0 amide bonds. The van der Waals surface area contributed by atoms with Gasteiger partial charge in [0.05, 0.1) is 5.41 Å². The van der Waals surface area contributed by atoms with Crippen LogP contribution in [0.15, 0.2) is 23.3 Å². The monoisotopic (exact) mass is 176 g/mol. The van der Waals surface area contributed by atoms with Gasteiger partial charge in [-0.15, -0.1) is 0 Å². The molecule has 2 aliphatic carbocycles. The normalized spacial score (nSPS) is 33.5. The summed E-state index contributed by atoms with van der Waals surface area (Å²) < 4.78 is 0. The van der Waals surface area contributed by atoms with Crippen molar-refractivity contribution in [1.29, 1.82) is 0 Å². The van der Waals surface area contributed by atoms with Crippen molar-refractivity contribution in [1.82, 2.24) is 0 Å². The molecule has 0 spiro atoms. The molecule has 0 N–H and O–H groups in total. The minimum absolute atomic E-state index is 0.236. The molecule has 0 heterocycles. The number of allylic oxidation sites excluding steroid dienone is 4. The van der Waals surface area contributed by atoms with Crippen LogP contribution in [0.3, 0.4) is 0 Å². The minimum atomic E-state index is -0.236. The molecule has 2 rings (SSSR count). The topological polar surface area (TPSA) is 17.1 Å². The molecule has 1 atom stereocenters. The van der Waals surface area contributed by atoms with E-state index >= 15 is 0 Å². The van der Waals surface area contributed by atoms with Crippen LogP contribution < -0.4 is 0 Å². The van der Waals surface area contributed by atoms with Crippen LogP contribution >= 0.6 is 0 Å². The lowest BCUT2D eigenvalue weighted by molar-refractivity contribution is -0.125. The molecule has 0 bridgehead atoms. The van der Waals surface area contributed by atoms with Crippen molar-refractivity contribution >= 4 is 5.78 Å². The van der Waals surface area contributed by atoms with E-state index in [1.807, 2.05) is 0 Å². The maximum Gasteiger partial charge on any atom is 0.146 e. The molecule has 1 unspecified atom stereocenters. The van der Waals surface area contributed by atoms with Crippen LogP contribution in [-0.4, -0.2) is 5.78 Å². The lowest BCUT2D eigenvalue weighted by Crippen LogP contribution is -2.33. The minimum Gasteiger partial charge on any atom is -0.298 e. The lowest BCUT2D eigenvalue weighted by atomic mass is 9.67. The van der Waals surface area contributed by atoms with E-state index in [-0.39, 0.29) is 5.41 Å². The second kappa shape index (κ2) is 2.83. The van der Waals surface area contributed by atoms with Gasteiger partial charge in [0.15, 0.2) is 0 Å². The summed E-state index contributed by atoms with van der Waals surface area (Å²) in [5.41, 5.74) is 2.46. The van der Waals surface area contributed by atoms with Crippen molar-refractivity contribution in [3.63, 3.8) is 0 Å². The van der Waals surface area contributed by atoms with E-state index in [9.17, 15) is 4.79 Å². The third kappa shape index (κ3) is 1.27. The van der Waals surface area contributed by atoms with E-state index in [4.69, 9.17) is 0 Å². The first-order chi connectivity index (χ1) is 6.13. The van der Waals surface area contributed by atoms with Crippen molar-refractivity contribution in [3.05, 3.63) is 23.3 Å². The largest absolute Gasteiger partial charge is 0.298 e. The smallest absolute Gasteiger partial charge is 0.146 e. The van der Waals surface area contributed by atoms with Gasteiger partial charge < -0.3 is 0 Å². The van der Waals surface area contributed by atoms with Crippen LogP contribution in [0.2, 0.25) is 0 Å². The first-order valence-electron chi connectivity index (χ1n) is 5.04. The van der Waals surface area contributed by atoms with Crippen molar-refractivity contribution < 1.29 is 4.79 Å². The van der Waals surface area contributed by atoms with Gasteiger partial charge in [-0.2, -0.15) is 0 Å². The van der Waals surface area contributed by atoms with Crippen molar-refractivity contribution in [2.24, 2.45) is 5.41 Å². The second-order valence-electron chi connectivity index (χ2n) is 4.40. The first kappa shape index (κ1) is 8.74. The maximum atomic E-state index is 11.8. The van der Waals surface area contributed by atoms with Crippen LogP contribution in [-0.2, 0) is 4.79 Å². The summed E-state index contributed by atoms with van der Waals surface area (Å²) in [5, 5.41) is 0. The quantitative estimate of drug-likeness (QED) is 0.518. The van der Waals surface area contributed by atoms with Crippen LogP contribution in [0.1, 0.15) is 39.5 Å². The van der Waals surface area contributed by atoms with Crippen molar-refractivity contribution in [2.75, 3.05) is 0 Å². The molecule has 0 aromatic heterocycles. The number of ketones is 1. The van der Waals surface area contributed by atoms with E-state index in [1.54, 1.807) is 0 Å². The zero-order chi connectivity index (χ0) is 9.47. The van der Waals surface area contributed by atoms with E-state index in [0.29, 0.717) is 5.78 Å². The molecule has 1 nitrogen and oxygen atoms in total. The molecule has 1 fully saturated rings. The summed E-state index contributed by atoms with van der Waals surface area (Å²) in [5.74, 6) is 0.407. The number of carbonyl (C=O) groups excluding carboxylic acids is 1. The number of fused-ring (bicyclic) bond motifs is 1. The van der Waals surface area contributed by atoms with Gasteiger partial charge in [-0.1, -0.05) is 23.3 Å². The number of hydrogen-bond acceptors (Lipinski definition) is 1. The van der Waals surface area contributed by atoms with Gasteiger partial charge in [-0.05, 0) is 33.1 Å². The van der Waals surface area contributed by atoms with Crippen LogP contribution in [0.25, 0.3) is 0 Å². The number of hydrogen-bond donors (Lipinski definition) is 0. The predicted octanol–water partition coefficient (Wildman–Crippen LogP) is 3.02. The molecule has 13 heavy (non-hydrogen) atoms. The van der Waals surface area contributed by atoms with Gasteiger partial charge in [0.1, 0.15) is 5.78 Å². The molecule has 1 saturated carbocycles. The fourth-order valence-corrected chi connectivity index (χ4v) is 2.46. The Morgan fingerprint density at radius 1 is 1.38 bits per heavy atom. The Morgan fingerprint density at radius 3 is 2.92 bits per heavy atom. The van der Waals surface area contributed by atoms with Crippen molar-refractivity contribution in [3.8, 4) is 0 Å². The Morgan fingerprint density at radius 2 is 2.15 bits per heavy atom. The van der Waals surface area contributed by atoms with Crippen LogP contribution in [0, 0.1) is 5.41 Å². The standard InChI is InChI=1S/C12H16O/c1-9-6-7-10-4-3-5-11(13)12(10,2)8-9/h7-8H,3-6H2,1-2H3. The Hall–Kier alpha value is -0.850. The Labute approximate surface area is 79.5 Å². The summed E-state index contributed by atoms with van der Waals surface area (Å²) in [6.07, 6.45) is 8.39. The fraction of sp³-hybridized carbons (Fsp3) is 0.583. The van der Waals surface area contributed by atoms with Gasteiger partial charge in [-0.3, -0.25) is 4.79 Å². The highest BCUT2D eigenvalue weighted by Crippen LogP contribution is 2.42. The van der Waals surface area contributed by atoms with E-state index in [1.165, 1.54) is 11.1 Å². The number of rotatable bonds is 0. The number of Topliss-reactive ketones (excluding diaryl/α,β-unsaturated/α-hetero) is 1. The van der Waals surface area contributed by atoms with Gasteiger partial charge >= 0.3 is 0 Å². The summed E-state index contributed by atoms with van der Waals surface area (Å²) in [4.78, 5) is 11.8. The Balaban J connectivity index is 2.41. The third-order valence-corrected chi connectivity index (χ3v) is 3.30. The van der Waals surface area contributed by atoms with Crippen LogP contribution in [0.5, 0.6) is 0 Å². The molecule has 0 aromatic rings. The van der Waals surface area contributed by atoms with Gasteiger partial charge in [0.25, 0.3) is 0 Å². The summed E-state index contributed by atoms with van der Waals surface area (Å²) in [6, 6.07) is 0. The number of carbonyl (C=O) groups is 1. The van der Waals surface area contributed by atoms with Gasteiger partial charge in [0, 0.05) is 6.42 Å². The summed E-state index contributed by atoms with van der Waals surface area (Å²) in [6.45, 7) is 4.18. The molecule has 0 radical (unpaired) electrons. The molecule has 1 heteroatoms. The van der Waals surface area contributed by atoms with Crippen LogP contribution in [0.4, 0.5) is 0 Å². The van der Waals surface area contributed by atoms with Gasteiger partial charge in [0.2, 0.25) is 0 Å².